The minimum atomic E-state index is -6.34. The number of hydrogen-bond donors (Lipinski definition) is 0. The maximum atomic E-state index is 13.7. The van der Waals surface area contributed by atoms with E-state index in [1.165, 1.54) is 0 Å². The molecule has 1 nitrogen and oxygen atoms in total. The van der Waals surface area contributed by atoms with E-state index in [-0.39, 0.29) is 50.4 Å². The predicted molar refractivity (Wildman–Crippen MR) is 51.5 cm³/mol. The average molecular weight is 414 g/mol. The van der Waals surface area contributed by atoms with Crippen LogP contribution in [0.2, 0.25) is 0 Å². The topological polar surface area (TPSA) is 9.23 Å². The monoisotopic (exact) mass is 414 g/mol. The summed E-state index contributed by atoms with van der Waals surface area (Å²) in [4.78, 5) is 0. The van der Waals surface area contributed by atoms with Crippen LogP contribution in [0.1, 0.15) is 11.1 Å². The molecular formula is C11H6F9OY-. The molecular weight excluding hydrogens is 408 g/mol. The van der Waals surface area contributed by atoms with Crippen LogP contribution in [0.25, 0.3) is 0 Å². The normalized spacial score (nSPS) is 13.0. The minimum absolute atomic E-state index is 0. The molecule has 1 radical (unpaired) electrons. The van der Waals surface area contributed by atoms with Crippen molar-refractivity contribution >= 4 is 0 Å². The largest absolute Gasteiger partial charge is 0.499 e. The molecule has 0 aromatic heterocycles. The molecule has 0 aliphatic heterocycles. The van der Waals surface area contributed by atoms with Crippen LogP contribution in [0.4, 0.5) is 39.5 Å². The van der Waals surface area contributed by atoms with E-state index in [4.69, 9.17) is 0 Å². The Labute approximate surface area is 143 Å². The van der Waals surface area contributed by atoms with Gasteiger partial charge in [-0.15, -0.1) is 11.6 Å². The SMILES string of the molecule is Cc1[c-]cc(C(F)(C(F)(F)F)C(F)(F)F)cc1OC(F)F.[Y]. The number of rotatable bonds is 3. The van der Waals surface area contributed by atoms with Crippen molar-refractivity contribution in [1.29, 1.82) is 0 Å². The number of benzene rings is 1. The van der Waals surface area contributed by atoms with Crippen LogP contribution in [-0.4, -0.2) is 19.0 Å². The Morgan fingerprint density at radius 3 is 1.82 bits per heavy atom. The Morgan fingerprint density at radius 1 is 1.00 bits per heavy atom. The van der Waals surface area contributed by atoms with E-state index in [1.54, 1.807) is 0 Å². The molecule has 0 fully saturated rings. The smallest absolute Gasteiger partial charge is 0.424 e. The zero-order chi connectivity index (χ0) is 16.6. The van der Waals surface area contributed by atoms with Gasteiger partial charge in [0.25, 0.3) is 5.67 Å². The molecule has 0 bridgehead atoms. The van der Waals surface area contributed by atoms with E-state index in [0.717, 1.165) is 6.92 Å². The van der Waals surface area contributed by atoms with E-state index in [0.29, 0.717) is 0 Å². The van der Waals surface area contributed by atoms with Gasteiger partial charge >= 0.3 is 19.0 Å². The van der Waals surface area contributed by atoms with Crippen molar-refractivity contribution in [2.75, 3.05) is 0 Å². The molecule has 0 saturated heterocycles. The summed E-state index contributed by atoms with van der Waals surface area (Å²) in [5.74, 6) is -1.03. The average Bonchev–Trinajstić information content (AvgIpc) is 2.27. The summed E-state index contributed by atoms with van der Waals surface area (Å²) in [5.41, 5.74) is -7.96. The van der Waals surface area contributed by atoms with E-state index in [2.05, 4.69) is 4.74 Å². The van der Waals surface area contributed by atoms with E-state index in [1.807, 2.05) is 6.07 Å². The van der Waals surface area contributed by atoms with Gasteiger partial charge < -0.3 is 4.74 Å². The third kappa shape index (κ3) is 4.07. The first kappa shape index (κ1) is 21.5. The summed E-state index contributed by atoms with van der Waals surface area (Å²) in [6, 6.07) is 1.85. The van der Waals surface area contributed by atoms with Gasteiger partial charge in [0.2, 0.25) is 0 Å². The third-order valence-electron chi connectivity index (χ3n) is 2.50. The Hall–Kier alpha value is -0.506. The molecule has 0 atom stereocenters. The van der Waals surface area contributed by atoms with Crippen molar-refractivity contribution < 1.29 is 77.0 Å². The first-order chi connectivity index (χ1) is 9.30. The second-order valence-electron chi connectivity index (χ2n) is 3.91. The van der Waals surface area contributed by atoms with Crippen molar-refractivity contribution in [3.63, 3.8) is 0 Å². The van der Waals surface area contributed by atoms with Crippen LogP contribution >= 0.6 is 0 Å². The van der Waals surface area contributed by atoms with E-state index in [9.17, 15) is 39.5 Å². The van der Waals surface area contributed by atoms with Crippen molar-refractivity contribution in [3.8, 4) is 5.75 Å². The maximum Gasteiger partial charge on any atom is 0.424 e. The van der Waals surface area contributed by atoms with Crippen LogP contribution in [0.15, 0.2) is 12.1 Å². The maximum absolute atomic E-state index is 13.7. The minimum Gasteiger partial charge on any atom is -0.499 e. The first-order valence-corrected chi connectivity index (χ1v) is 5.10. The second-order valence-corrected chi connectivity index (χ2v) is 3.91. The van der Waals surface area contributed by atoms with Gasteiger partial charge in [-0.05, 0) is 0 Å². The standard InChI is InChI=1S/C11H6F9O.Y/c1-5-2-3-6(4-7(5)21-8(12)13)9(14,10(15,16)17)11(18,19)20;/h3-4,8H,1H3;/q-1;. The molecule has 1 aromatic rings. The summed E-state index contributed by atoms with van der Waals surface area (Å²) in [5, 5.41) is 0. The fraction of sp³-hybridized carbons (Fsp3) is 0.455. The van der Waals surface area contributed by atoms with Crippen molar-refractivity contribution in [2.45, 2.75) is 31.6 Å². The molecule has 0 N–H and O–H groups in total. The quantitative estimate of drug-likeness (QED) is 0.516. The summed E-state index contributed by atoms with van der Waals surface area (Å²) in [6.07, 6.45) is -12.7. The van der Waals surface area contributed by atoms with E-state index >= 15 is 0 Å². The number of halogens is 9. The van der Waals surface area contributed by atoms with Gasteiger partial charge in [0.05, 0.1) is 0 Å². The molecule has 0 saturated carbocycles. The van der Waals surface area contributed by atoms with Gasteiger partial charge in [0.15, 0.2) is 0 Å². The van der Waals surface area contributed by atoms with Crippen molar-refractivity contribution in [3.05, 3.63) is 29.3 Å². The Bertz CT molecular complexity index is 495. The summed E-state index contributed by atoms with van der Waals surface area (Å²) in [6.45, 7) is -2.46. The molecule has 0 heterocycles. The van der Waals surface area contributed by atoms with Gasteiger partial charge in [-0.3, -0.25) is 0 Å². The first-order valence-electron chi connectivity index (χ1n) is 5.10. The molecule has 0 aliphatic rings. The zero-order valence-electron chi connectivity index (χ0n) is 10.6. The Morgan fingerprint density at radius 2 is 1.45 bits per heavy atom. The molecule has 22 heavy (non-hydrogen) atoms. The molecule has 1 aromatic carbocycles. The number of ether oxygens (including phenoxy) is 1. The van der Waals surface area contributed by atoms with Gasteiger partial charge in [0, 0.05) is 38.5 Å². The molecule has 11 heteroatoms. The second kappa shape index (κ2) is 6.94. The summed E-state index contributed by atoms with van der Waals surface area (Å²) >= 11 is 0. The van der Waals surface area contributed by atoms with Gasteiger partial charge in [-0.25, -0.2) is 4.39 Å². The van der Waals surface area contributed by atoms with E-state index < -0.39 is 35.9 Å². The molecule has 123 valence electrons. The van der Waals surface area contributed by atoms with Crippen molar-refractivity contribution in [2.24, 2.45) is 0 Å². The van der Waals surface area contributed by atoms with Crippen molar-refractivity contribution in [1.82, 2.24) is 0 Å². The number of aryl methyl sites for hydroxylation is 1. The van der Waals surface area contributed by atoms with Gasteiger partial charge in [0.1, 0.15) is 0 Å². The predicted octanol–water partition coefficient (Wildman–Crippen LogP) is 4.68. The Balaban J connectivity index is 0.00000441. The molecule has 0 aliphatic carbocycles. The number of alkyl halides is 9. The van der Waals surface area contributed by atoms with Crippen LogP contribution < -0.4 is 4.74 Å². The fourth-order valence-corrected chi connectivity index (χ4v) is 1.45. The molecule has 0 amide bonds. The molecule has 1 rings (SSSR count). The summed E-state index contributed by atoms with van der Waals surface area (Å²) < 4.78 is 116. The Kier molecular flexibility index (Phi) is 6.78. The van der Waals surface area contributed by atoms with Crippen LogP contribution in [-0.2, 0) is 38.4 Å². The van der Waals surface area contributed by atoms with Gasteiger partial charge in [-0.2, -0.15) is 47.3 Å². The van der Waals surface area contributed by atoms with Crippen LogP contribution in [0.5, 0.6) is 5.75 Å². The zero-order valence-corrected chi connectivity index (χ0v) is 13.5. The third-order valence-corrected chi connectivity index (χ3v) is 2.50. The fourth-order valence-electron chi connectivity index (χ4n) is 1.45. The molecule has 0 unspecified atom stereocenters. The molecule has 0 spiro atoms. The van der Waals surface area contributed by atoms with Crippen LogP contribution in [0.3, 0.4) is 0 Å². The van der Waals surface area contributed by atoms with Crippen LogP contribution in [0, 0.1) is 13.0 Å². The number of hydrogen-bond acceptors (Lipinski definition) is 1. The van der Waals surface area contributed by atoms with Gasteiger partial charge in [-0.1, -0.05) is 12.5 Å². The summed E-state index contributed by atoms with van der Waals surface area (Å²) in [7, 11) is 0.